The van der Waals surface area contributed by atoms with E-state index in [1.165, 1.54) is 6.92 Å². The van der Waals surface area contributed by atoms with Gasteiger partial charge in [-0.3, -0.25) is 14.4 Å². The number of ether oxygens (including phenoxy) is 1. The molecule has 0 heterocycles. The summed E-state index contributed by atoms with van der Waals surface area (Å²) in [6.45, 7) is 1.93. The molecule has 1 fully saturated rings. The SMILES string of the molecule is CC(=O)c1ccc(OCCCC(=O)Nc2cccc(NC(=O)C3CC3)c2)cc1. The number of amides is 2. The molecular formula is C22H24N2O4. The van der Waals surface area contributed by atoms with Crippen LogP contribution in [0.4, 0.5) is 11.4 Å². The molecule has 0 spiro atoms. The van der Waals surface area contributed by atoms with Crippen LogP contribution >= 0.6 is 0 Å². The van der Waals surface area contributed by atoms with Crippen LogP contribution in [0.15, 0.2) is 48.5 Å². The molecule has 28 heavy (non-hydrogen) atoms. The molecule has 1 aliphatic rings. The van der Waals surface area contributed by atoms with E-state index in [1.807, 2.05) is 0 Å². The van der Waals surface area contributed by atoms with E-state index in [-0.39, 0.29) is 23.5 Å². The van der Waals surface area contributed by atoms with Crippen LogP contribution in [0.3, 0.4) is 0 Å². The summed E-state index contributed by atoms with van der Waals surface area (Å²) in [6, 6.07) is 14.1. The Kier molecular flexibility index (Phi) is 6.42. The Morgan fingerprint density at radius 3 is 2.32 bits per heavy atom. The van der Waals surface area contributed by atoms with E-state index in [9.17, 15) is 14.4 Å². The van der Waals surface area contributed by atoms with Crippen molar-refractivity contribution in [3.05, 3.63) is 54.1 Å². The quantitative estimate of drug-likeness (QED) is 0.508. The number of carbonyl (C=O) groups excluding carboxylic acids is 3. The van der Waals surface area contributed by atoms with Crippen LogP contribution in [-0.4, -0.2) is 24.2 Å². The van der Waals surface area contributed by atoms with E-state index >= 15 is 0 Å². The number of rotatable bonds is 9. The fourth-order valence-corrected chi connectivity index (χ4v) is 2.70. The summed E-state index contributed by atoms with van der Waals surface area (Å²) in [6.07, 6.45) is 2.79. The van der Waals surface area contributed by atoms with Gasteiger partial charge in [0, 0.05) is 29.3 Å². The average molecular weight is 380 g/mol. The Balaban J connectivity index is 1.39. The third kappa shape index (κ3) is 5.94. The molecule has 6 nitrogen and oxygen atoms in total. The highest BCUT2D eigenvalue weighted by Crippen LogP contribution is 2.30. The van der Waals surface area contributed by atoms with Gasteiger partial charge in [-0.15, -0.1) is 0 Å². The molecule has 3 rings (SSSR count). The highest BCUT2D eigenvalue weighted by molar-refractivity contribution is 5.96. The summed E-state index contributed by atoms with van der Waals surface area (Å²) in [5, 5.41) is 5.70. The predicted molar refractivity (Wildman–Crippen MR) is 108 cm³/mol. The zero-order valence-electron chi connectivity index (χ0n) is 15.9. The number of hydrogen-bond donors (Lipinski definition) is 2. The topological polar surface area (TPSA) is 84.5 Å². The maximum absolute atomic E-state index is 12.1. The number of hydrogen-bond acceptors (Lipinski definition) is 4. The first-order valence-corrected chi connectivity index (χ1v) is 9.46. The van der Waals surface area contributed by atoms with Gasteiger partial charge in [-0.1, -0.05) is 6.07 Å². The smallest absolute Gasteiger partial charge is 0.227 e. The molecule has 0 aromatic heterocycles. The molecule has 2 N–H and O–H groups in total. The van der Waals surface area contributed by atoms with Crippen molar-refractivity contribution in [2.45, 2.75) is 32.6 Å². The molecular weight excluding hydrogens is 356 g/mol. The van der Waals surface area contributed by atoms with Gasteiger partial charge in [0.25, 0.3) is 0 Å². The minimum absolute atomic E-state index is 0.0133. The highest BCUT2D eigenvalue weighted by atomic mass is 16.5. The molecule has 0 radical (unpaired) electrons. The molecule has 0 aliphatic heterocycles. The lowest BCUT2D eigenvalue weighted by Crippen LogP contribution is -2.15. The van der Waals surface area contributed by atoms with Gasteiger partial charge in [-0.2, -0.15) is 0 Å². The molecule has 1 saturated carbocycles. The Hall–Kier alpha value is -3.15. The monoisotopic (exact) mass is 380 g/mol. The summed E-state index contributed by atoms with van der Waals surface area (Å²) in [5.74, 6) is 0.749. The fraction of sp³-hybridized carbons (Fsp3) is 0.318. The Morgan fingerprint density at radius 1 is 1.00 bits per heavy atom. The van der Waals surface area contributed by atoms with Crippen molar-refractivity contribution in [1.29, 1.82) is 0 Å². The first-order valence-electron chi connectivity index (χ1n) is 9.46. The van der Waals surface area contributed by atoms with Crippen molar-refractivity contribution < 1.29 is 19.1 Å². The Morgan fingerprint density at radius 2 is 1.68 bits per heavy atom. The molecule has 0 bridgehead atoms. The Bertz CT molecular complexity index is 857. The minimum Gasteiger partial charge on any atom is -0.494 e. The lowest BCUT2D eigenvalue weighted by molar-refractivity contribution is -0.117. The Labute approximate surface area is 164 Å². The maximum atomic E-state index is 12.1. The van der Waals surface area contributed by atoms with Crippen LogP contribution in [0.1, 0.15) is 43.0 Å². The second-order valence-electron chi connectivity index (χ2n) is 6.93. The van der Waals surface area contributed by atoms with Crippen LogP contribution < -0.4 is 15.4 Å². The third-order valence-electron chi connectivity index (χ3n) is 4.44. The van der Waals surface area contributed by atoms with E-state index in [0.29, 0.717) is 42.1 Å². The second-order valence-corrected chi connectivity index (χ2v) is 6.93. The second kappa shape index (κ2) is 9.17. The standard InChI is InChI=1S/C22H24N2O4/c1-15(25)16-9-11-20(12-10-16)28-13-3-6-21(26)23-18-4-2-5-19(14-18)24-22(27)17-7-8-17/h2,4-5,9-12,14,17H,3,6-8,13H2,1H3,(H,23,26)(H,24,27). The predicted octanol–water partition coefficient (Wildman–Crippen LogP) is 4.04. The van der Waals surface area contributed by atoms with Crippen molar-refractivity contribution in [2.24, 2.45) is 5.92 Å². The zero-order chi connectivity index (χ0) is 19.9. The molecule has 2 aromatic rings. The maximum Gasteiger partial charge on any atom is 0.227 e. The van der Waals surface area contributed by atoms with Crippen LogP contribution in [0.25, 0.3) is 0 Å². The highest BCUT2D eigenvalue weighted by Gasteiger charge is 2.29. The zero-order valence-corrected chi connectivity index (χ0v) is 15.9. The normalized spacial score (nSPS) is 12.9. The number of nitrogens with one attached hydrogen (secondary N) is 2. The van der Waals surface area contributed by atoms with Crippen LogP contribution in [0.5, 0.6) is 5.75 Å². The van der Waals surface area contributed by atoms with Crippen molar-refractivity contribution in [3.8, 4) is 5.75 Å². The third-order valence-corrected chi connectivity index (χ3v) is 4.44. The van der Waals surface area contributed by atoms with E-state index in [0.717, 1.165) is 12.8 Å². The van der Waals surface area contributed by atoms with Gasteiger partial charge >= 0.3 is 0 Å². The summed E-state index contributed by atoms with van der Waals surface area (Å²) < 4.78 is 5.59. The number of carbonyl (C=O) groups is 3. The number of anilines is 2. The summed E-state index contributed by atoms with van der Waals surface area (Å²) in [4.78, 5) is 35.2. The first-order chi connectivity index (χ1) is 13.5. The van der Waals surface area contributed by atoms with Crippen molar-refractivity contribution in [3.63, 3.8) is 0 Å². The van der Waals surface area contributed by atoms with Gasteiger partial charge in [0.1, 0.15) is 5.75 Å². The molecule has 2 amide bonds. The molecule has 1 aliphatic carbocycles. The van der Waals surface area contributed by atoms with Gasteiger partial charge in [0.2, 0.25) is 11.8 Å². The lowest BCUT2D eigenvalue weighted by atomic mass is 10.1. The minimum atomic E-state index is -0.110. The van der Waals surface area contributed by atoms with Gasteiger partial charge in [-0.25, -0.2) is 0 Å². The van der Waals surface area contributed by atoms with Crippen LogP contribution in [-0.2, 0) is 9.59 Å². The molecule has 146 valence electrons. The number of Topliss-reactive ketones (excluding diaryl/α,β-unsaturated/α-hetero) is 1. The van der Waals surface area contributed by atoms with Crippen LogP contribution in [0.2, 0.25) is 0 Å². The van der Waals surface area contributed by atoms with Crippen molar-refractivity contribution in [2.75, 3.05) is 17.2 Å². The van der Waals surface area contributed by atoms with Crippen molar-refractivity contribution >= 4 is 29.0 Å². The van der Waals surface area contributed by atoms with Gasteiger partial charge < -0.3 is 15.4 Å². The lowest BCUT2D eigenvalue weighted by Gasteiger charge is -2.09. The number of ketones is 1. The van der Waals surface area contributed by atoms with E-state index in [4.69, 9.17) is 4.74 Å². The van der Waals surface area contributed by atoms with E-state index < -0.39 is 0 Å². The van der Waals surface area contributed by atoms with Gasteiger partial charge in [0.15, 0.2) is 5.78 Å². The first kappa shape index (κ1) is 19.6. The molecule has 6 heteroatoms. The molecule has 0 unspecified atom stereocenters. The largest absolute Gasteiger partial charge is 0.494 e. The summed E-state index contributed by atoms with van der Waals surface area (Å²) in [5.41, 5.74) is 1.98. The van der Waals surface area contributed by atoms with Gasteiger partial charge in [-0.05, 0) is 68.7 Å². The van der Waals surface area contributed by atoms with E-state index in [2.05, 4.69) is 10.6 Å². The van der Waals surface area contributed by atoms with Crippen LogP contribution in [0, 0.1) is 5.92 Å². The number of benzene rings is 2. The summed E-state index contributed by atoms with van der Waals surface area (Å²) >= 11 is 0. The van der Waals surface area contributed by atoms with E-state index in [1.54, 1.807) is 48.5 Å². The molecule has 2 aromatic carbocycles. The molecule has 0 atom stereocenters. The molecule has 0 saturated heterocycles. The van der Waals surface area contributed by atoms with Crippen molar-refractivity contribution in [1.82, 2.24) is 0 Å². The average Bonchev–Trinajstić information content (AvgIpc) is 3.51. The summed E-state index contributed by atoms with van der Waals surface area (Å²) in [7, 11) is 0. The van der Waals surface area contributed by atoms with Gasteiger partial charge in [0.05, 0.1) is 6.61 Å². The fourth-order valence-electron chi connectivity index (χ4n) is 2.70.